The molecule has 0 aliphatic carbocycles. The zero-order chi connectivity index (χ0) is 38.9. The first-order valence-corrected chi connectivity index (χ1v) is 23.0. The van der Waals surface area contributed by atoms with Gasteiger partial charge < -0.3 is 19.3 Å². The summed E-state index contributed by atoms with van der Waals surface area (Å²) in [7, 11) is -4.76. The number of carbonyl (C=O) groups excluding carboxylic acids is 2. The third kappa shape index (κ3) is 42.6. The lowest BCUT2D eigenvalue weighted by Gasteiger charge is -2.18. The maximum absolute atomic E-state index is 12.4. The summed E-state index contributed by atoms with van der Waals surface area (Å²) in [5.74, 6) is -0.926. The van der Waals surface area contributed by atoms with E-state index in [2.05, 4.69) is 30.5 Å². The molecule has 1 atom stereocenters. The Bertz CT molecular complexity index is 999. The molecule has 1 unspecified atom stereocenters. The zero-order valence-electron chi connectivity index (χ0n) is 33.9. The number of phosphoric ester groups is 1. The van der Waals surface area contributed by atoms with Gasteiger partial charge in [0.05, 0.1) is 6.61 Å². The number of unbranched alkanes of at least 4 members (excludes halogenated alkanes) is 24. The van der Waals surface area contributed by atoms with Gasteiger partial charge in [0.15, 0.2) is 6.10 Å². The Labute approximate surface area is 324 Å². The van der Waals surface area contributed by atoms with Crippen LogP contribution in [-0.2, 0) is 28.2 Å². The number of carbonyl (C=O) groups is 2. The maximum Gasteiger partial charge on any atom is 0.469 e. The second-order valence-corrected chi connectivity index (χ2v) is 15.6. The molecular weight excluding hydrogens is 687 g/mol. The van der Waals surface area contributed by atoms with Gasteiger partial charge in [-0.25, -0.2) is 4.57 Å². The lowest BCUT2D eigenvalue weighted by atomic mass is 10.0. The highest BCUT2D eigenvalue weighted by Crippen LogP contribution is 2.36. The van der Waals surface area contributed by atoms with Crippen LogP contribution in [0.2, 0.25) is 0 Å². The molecule has 308 valence electrons. The van der Waals surface area contributed by atoms with Crippen LogP contribution in [0.15, 0.2) is 48.6 Å². The molecule has 0 radical (unpaired) electrons. The number of allylic oxidation sites excluding steroid dienone is 8. The summed E-state index contributed by atoms with van der Waals surface area (Å²) in [5.41, 5.74) is 0. The SMILES string of the molecule is CC/C=C/C=C/C=C/C=C/CCCCCC(=O)OC(COC(=O)CCCCCCCCCCCCCCCCCCCCCCCC)COP(=O)(O)O. The molecule has 0 heterocycles. The molecule has 0 rings (SSSR count). The van der Waals surface area contributed by atoms with Crippen LogP contribution in [0.25, 0.3) is 0 Å². The van der Waals surface area contributed by atoms with Gasteiger partial charge in [-0.15, -0.1) is 0 Å². The van der Waals surface area contributed by atoms with Crippen LogP contribution in [-0.4, -0.2) is 41.0 Å². The van der Waals surface area contributed by atoms with E-state index in [0.717, 1.165) is 44.9 Å². The normalized spacial score (nSPS) is 12.9. The van der Waals surface area contributed by atoms with Crippen molar-refractivity contribution in [2.45, 2.75) is 206 Å². The van der Waals surface area contributed by atoms with E-state index >= 15 is 0 Å². The topological polar surface area (TPSA) is 119 Å². The number of esters is 2. The summed E-state index contributed by atoms with van der Waals surface area (Å²) in [5, 5.41) is 0. The largest absolute Gasteiger partial charge is 0.469 e. The Kier molecular flexibility index (Phi) is 38.2. The highest BCUT2D eigenvalue weighted by molar-refractivity contribution is 7.46. The predicted molar refractivity (Wildman–Crippen MR) is 221 cm³/mol. The van der Waals surface area contributed by atoms with Crippen LogP contribution >= 0.6 is 7.82 Å². The summed E-state index contributed by atoms with van der Waals surface area (Å²) in [4.78, 5) is 42.8. The fourth-order valence-corrected chi connectivity index (χ4v) is 6.39. The van der Waals surface area contributed by atoms with Crippen molar-refractivity contribution in [2.75, 3.05) is 13.2 Å². The van der Waals surface area contributed by atoms with E-state index in [9.17, 15) is 14.2 Å². The molecule has 0 aromatic heterocycles. The van der Waals surface area contributed by atoms with Crippen molar-refractivity contribution in [1.29, 1.82) is 0 Å². The van der Waals surface area contributed by atoms with Gasteiger partial charge in [-0.1, -0.05) is 204 Å². The predicted octanol–water partition coefficient (Wildman–Crippen LogP) is 13.1. The van der Waals surface area contributed by atoms with E-state index in [1.807, 2.05) is 36.5 Å². The van der Waals surface area contributed by atoms with Crippen molar-refractivity contribution < 1.29 is 37.9 Å². The number of ether oxygens (including phenoxy) is 2. The summed E-state index contributed by atoms with van der Waals surface area (Å²) in [6.45, 7) is 3.52. The van der Waals surface area contributed by atoms with E-state index in [1.54, 1.807) is 0 Å². The minimum absolute atomic E-state index is 0.166. The van der Waals surface area contributed by atoms with Gasteiger partial charge in [-0.2, -0.15) is 0 Å². The summed E-state index contributed by atoms with van der Waals surface area (Å²) in [6.07, 6.45) is 48.5. The number of hydrogen-bond acceptors (Lipinski definition) is 6. The van der Waals surface area contributed by atoms with Crippen LogP contribution in [0, 0.1) is 0 Å². The molecule has 0 aromatic rings. The lowest BCUT2D eigenvalue weighted by Crippen LogP contribution is -2.29. The van der Waals surface area contributed by atoms with E-state index in [1.165, 1.54) is 122 Å². The lowest BCUT2D eigenvalue weighted by molar-refractivity contribution is -0.161. The molecule has 0 spiro atoms. The van der Waals surface area contributed by atoms with Crippen molar-refractivity contribution in [3.05, 3.63) is 48.6 Å². The molecule has 53 heavy (non-hydrogen) atoms. The monoisotopic (exact) mass is 767 g/mol. The molecule has 0 bridgehead atoms. The number of hydrogen-bond donors (Lipinski definition) is 2. The van der Waals surface area contributed by atoms with Crippen molar-refractivity contribution in [3.8, 4) is 0 Å². The Hall–Kier alpha value is -1.99. The highest BCUT2D eigenvalue weighted by atomic mass is 31.2. The molecule has 0 saturated carbocycles. The van der Waals surface area contributed by atoms with Gasteiger partial charge in [0.25, 0.3) is 0 Å². The van der Waals surface area contributed by atoms with E-state index in [0.29, 0.717) is 6.42 Å². The summed E-state index contributed by atoms with van der Waals surface area (Å²) in [6, 6.07) is 0. The second-order valence-electron chi connectivity index (χ2n) is 14.4. The smallest absolute Gasteiger partial charge is 0.462 e. The molecule has 8 nitrogen and oxygen atoms in total. The van der Waals surface area contributed by atoms with Crippen molar-refractivity contribution >= 4 is 19.8 Å². The van der Waals surface area contributed by atoms with Gasteiger partial charge in [0, 0.05) is 12.8 Å². The summed E-state index contributed by atoms with van der Waals surface area (Å²) >= 11 is 0. The van der Waals surface area contributed by atoms with Crippen LogP contribution in [0.1, 0.15) is 200 Å². The number of rotatable bonds is 39. The first-order chi connectivity index (χ1) is 25.8. The van der Waals surface area contributed by atoms with Crippen LogP contribution in [0.5, 0.6) is 0 Å². The van der Waals surface area contributed by atoms with Gasteiger partial charge in [-0.05, 0) is 32.1 Å². The van der Waals surface area contributed by atoms with Crippen molar-refractivity contribution in [3.63, 3.8) is 0 Å². The molecule has 0 fully saturated rings. The third-order valence-corrected chi connectivity index (χ3v) is 9.69. The van der Waals surface area contributed by atoms with Crippen LogP contribution < -0.4 is 0 Å². The van der Waals surface area contributed by atoms with E-state index in [4.69, 9.17) is 19.3 Å². The standard InChI is InChI=1S/C44H79O8P/c1-3-5-7-9-11-13-15-17-18-19-20-21-22-23-24-25-27-28-30-32-34-36-38-43(45)50-40-42(41-51-53(47,48)49)52-44(46)39-37-35-33-31-29-26-16-14-12-10-8-6-4-2/h6,8,10,12,14,16,26,29,42H,3-5,7,9,11,13,15,17-25,27-28,30-41H2,1-2H3,(H2,47,48,49)/b8-6+,12-10+,16-14+,29-26+. The first kappa shape index (κ1) is 51.0. The van der Waals surface area contributed by atoms with Gasteiger partial charge >= 0.3 is 19.8 Å². The molecule has 0 aliphatic heterocycles. The van der Waals surface area contributed by atoms with E-state index < -0.39 is 32.5 Å². The maximum atomic E-state index is 12.4. The van der Waals surface area contributed by atoms with Crippen molar-refractivity contribution in [1.82, 2.24) is 0 Å². The van der Waals surface area contributed by atoms with Gasteiger partial charge in [-0.3, -0.25) is 14.1 Å². The molecule has 0 aliphatic rings. The number of phosphoric acid groups is 1. The average molecular weight is 767 g/mol. The quantitative estimate of drug-likeness (QED) is 0.0275. The molecule has 0 aromatic carbocycles. The van der Waals surface area contributed by atoms with Crippen LogP contribution in [0.3, 0.4) is 0 Å². The van der Waals surface area contributed by atoms with E-state index in [-0.39, 0.29) is 19.4 Å². The fraction of sp³-hybridized carbons (Fsp3) is 0.773. The first-order valence-electron chi connectivity index (χ1n) is 21.5. The molecule has 2 N–H and O–H groups in total. The van der Waals surface area contributed by atoms with Gasteiger partial charge in [0.1, 0.15) is 6.61 Å². The highest BCUT2D eigenvalue weighted by Gasteiger charge is 2.22. The Balaban J connectivity index is 3.86. The molecule has 9 heteroatoms. The molecule has 0 saturated heterocycles. The minimum atomic E-state index is -4.76. The zero-order valence-corrected chi connectivity index (χ0v) is 34.8. The Morgan fingerprint density at radius 1 is 0.509 bits per heavy atom. The average Bonchev–Trinajstić information content (AvgIpc) is 3.13. The second kappa shape index (κ2) is 39.7. The summed E-state index contributed by atoms with van der Waals surface area (Å²) < 4.78 is 26.3. The molecular formula is C44H79O8P. The Morgan fingerprint density at radius 3 is 1.36 bits per heavy atom. The third-order valence-electron chi connectivity index (χ3n) is 9.21. The Morgan fingerprint density at radius 2 is 0.906 bits per heavy atom. The fourth-order valence-electron chi connectivity index (χ4n) is 6.03. The minimum Gasteiger partial charge on any atom is -0.462 e. The van der Waals surface area contributed by atoms with Crippen molar-refractivity contribution in [2.24, 2.45) is 0 Å². The molecule has 0 amide bonds. The van der Waals surface area contributed by atoms with Crippen LogP contribution in [0.4, 0.5) is 0 Å². The van der Waals surface area contributed by atoms with Gasteiger partial charge in [0.2, 0.25) is 0 Å².